The van der Waals surface area contributed by atoms with Crippen LogP contribution < -0.4 is 14.9 Å². The summed E-state index contributed by atoms with van der Waals surface area (Å²) in [6, 6.07) is 8.88. The van der Waals surface area contributed by atoms with Gasteiger partial charge in [0.1, 0.15) is 5.82 Å². The first-order chi connectivity index (χ1) is 14.5. The van der Waals surface area contributed by atoms with Crippen molar-refractivity contribution in [1.29, 1.82) is 0 Å². The number of carbonyl (C=O) groups excluding carboxylic acids is 1. The molecule has 0 radical (unpaired) electrons. The van der Waals surface area contributed by atoms with Gasteiger partial charge in [-0.15, -0.1) is 0 Å². The minimum absolute atomic E-state index is 0.00739. The zero-order valence-corrected chi connectivity index (χ0v) is 19.0. The van der Waals surface area contributed by atoms with Crippen LogP contribution in [-0.4, -0.2) is 46.2 Å². The average molecular weight is 450 g/mol. The van der Waals surface area contributed by atoms with Crippen LogP contribution in [0.4, 0.5) is 15.8 Å². The summed E-state index contributed by atoms with van der Waals surface area (Å²) in [5.74, 6) is -0.953. The maximum Gasteiger partial charge on any atom is 0.255 e. The first-order valence-corrected chi connectivity index (χ1v) is 11.5. The third-order valence-electron chi connectivity index (χ3n) is 4.76. The second-order valence-electron chi connectivity index (χ2n) is 8.55. The van der Waals surface area contributed by atoms with Crippen molar-refractivity contribution >= 4 is 27.3 Å². The third kappa shape index (κ3) is 5.81. The summed E-state index contributed by atoms with van der Waals surface area (Å²) in [6.07, 6.45) is 0. The van der Waals surface area contributed by atoms with Crippen molar-refractivity contribution in [1.82, 2.24) is 4.72 Å². The predicted molar refractivity (Wildman–Crippen MR) is 119 cm³/mol. The second kappa shape index (κ2) is 8.94. The highest BCUT2D eigenvalue weighted by atomic mass is 32.2. The molecule has 0 aliphatic carbocycles. The van der Waals surface area contributed by atoms with Gasteiger partial charge >= 0.3 is 0 Å². The summed E-state index contributed by atoms with van der Waals surface area (Å²) in [5.41, 5.74) is 0.900. The van der Waals surface area contributed by atoms with Gasteiger partial charge in [0.25, 0.3) is 5.91 Å². The molecule has 2 aromatic rings. The first-order valence-electron chi connectivity index (χ1n) is 10.0. The van der Waals surface area contributed by atoms with Gasteiger partial charge in [-0.25, -0.2) is 17.5 Å². The van der Waals surface area contributed by atoms with Crippen LogP contribution in [0, 0.1) is 12.7 Å². The van der Waals surface area contributed by atoms with Gasteiger partial charge in [0.05, 0.1) is 23.8 Å². The molecule has 0 aromatic heterocycles. The third-order valence-corrected chi connectivity index (χ3v) is 6.52. The first kappa shape index (κ1) is 23.2. The number of hydrogen-bond donors (Lipinski definition) is 2. The molecule has 1 aliphatic rings. The van der Waals surface area contributed by atoms with Crippen LogP contribution in [0.15, 0.2) is 41.3 Å². The Morgan fingerprint density at radius 2 is 1.77 bits per heavy atom. The number of nitrogens with zero attached hydrogens (tertiary/aromatic N) is 1. The van der Waals surface area contributed by atoms with E-state index in [9.17, 15) is 17.6 Å². The van der Waals surface area contributed by atoms with Gasteiger partial charge in [-0.05, 0) is 63.6 Å². The predicted octanol–water partition coefficient (Wildman–Crippen LogP) is 3.30. The van der Waals surface area contributed by atoms with Gasteiger partial charge in [0.2, 0.25) is 10.0 Å². The summed E-state index contributed by atoms with van der Waals surface area (Å²) < 4.78 is 47.7. The van der Waals surface area contributed by atoms with Gasteiger partial charge in [-0.2, -0.15) is 0 Å². The molecule has 3 rings (SSSR count). The van der Waals surface area contributed by atoms with Gasteiger partial charge < -0.3 is 15.0 Å². The second-order valence-corrected chi connectivity index (χ2v) is 10.2. The minimum Gasteiger partial charge on any atom is -0.378 e. The summed E-state index contributed by atoms with van der Waals surface area (Å²) in [5, 5.41) is 2.66. The van der Waals surface area contributed by atoms with Crippen LogP contribution in [0.25, 0.3) is 0 Å². The van der Waals surface area contributed by atoms with E-state index in [2.05, 4.69) is 10.0 Å². The van der Waals surface area contributed by atoms with Crippen molar-refractivity contribution in [3.63, 3.8) is 0 Å². The van der Waals surface area contributed by atoms with E-state index >= 15 is 0 Å². The molecule has 0 unspecified atom stereocenters. The zero-order valence-electron chi connectivity index (χ0n) is 18.2. The molecule has 168 valence electrons. The summed E-state index contributed by atoms with van der Waals surface area (Å²) in [6.45, 7) is 9.22. The number of benzene rings is 2. The molecule has 7 nitrogen and oxygen atoms in total. The lowest BCUT2D eigenvalue weighted by molar-refractivity contribution is 0.102. The molecule has 0 spiro atoms. The number of morpholine rings is 1. The average Bonchev–Trinajstić information content (AvgIpc) is 2.67. The number of rotatable bonds is 5. The van der Waals surface area contributed by atoms with Crippen molar-refractivity contribution < 1.29 is 22.3 Å². The number of sulfonamides is 1. The van der Waals surface area contributed by atoms with Crippen LogP contribution in [0.2, 0.25) is 0 Å². The SMILES string of the molecule is Cc1ccc(S(=O)(=O)NC(C)(C)C)cc1C(=O)Nc1ccc(N2CCOCC2)c(F)c1. The number of hydrogen-bond acceptors (Lipinski definition) is 5. The van der Waals surface area contributed by atoms with Gasteiger partial charge in [0.15, 0.2) is 0 Å². The molecule has 0 atom stereocenters. The normalized spacial score (nSPS) is 15.1. The van der Waals surface area contributed by atoms with Crippen molar-refractivity contribution in [2.75, 3.05) is 36.5 Å². The van der Waals surface area contributed by atoms with E-state index in [1.165, 1.54) is 18.2 Å². The van der Waals surface area contributed by atoms with Crippen LogP contribution in [0.3, 0.4) is 0 Å². The van der Waals surface area contributed by atoms with Gasteiger partial charge in [0, 0.05) is 29.9 Å². The minimum atomic E-state index is -3.79. The molecular formula is C22H28FN3O4S. The molecule has 2 N–H and O–H groups in total. The maximum absolute atomic E-state index is 14.6. The number of halogens is 1. The Bertz CT molecular complexity index is 1070. The zero-order chi connectivity index (χ0) is 22.8. The molecule has 1 saturated heterocycles. The number of ether oxygens (including phenoxy) is 1. The van der Waals surface area contributed by atoms with Gasteiger partial charge in [-0.1, -0.05) is 6.07 Å². The van der Waals surface area contributed by atoms with Gasteiger partial charge in [-0.3, -0.25) is 4.79 Å². The van der Waals surface area contributed by atoms with Crippen LogP contribution in [0.5, 0.6) is 0 Å². The van der Waals surface area contributed by atoms with E-state index in [0.29, 0.717) is 43.2 Å². The van der Waals surface area contributed by atoms with Crippen molar-refractivity contribution in [3.8, 4) is 0 Å². The lowest BCUT2D eigenvalue weighted by Crippen LogP contribution is -2.40. The number of carbonyl (C=O) groups is 1. The Labute approximate surface area is 182 Å². The molecule has 2 aromatic carbocycles. The molecule has 1 heterocycles. The fourth-order valence-electron chi connectivity index (χ4n) is 3.32. The fourth-order valence-corrected chi connectivity index (χ4v) is 4.76. The largest absolute Gasteiger partial charge is 0.378 e. The molecule has 1 aliphatic heterocycles. The summed E-state index contributed by atoms with van der Waals surface area (Å²) in [4.78, 5) is 14.7. The highest BCUT2D eigenvalue weighted by Gasteiger charge is 2.24. The Kier molecular flexibility index (Phi) is 6.68. The Morgan fingerprint density at radius 3 is 2.39 bits per heavy atom. The fraction of sp³-hybridized carbons (Fsp3) is 0.409. The van der Waals surface area contributed by atoms with E-state index in [4.69, 9.17) is 4.74 Å². The quantitative estimate of drug-likeness (QED) is 0.731. The monoisotopic (exact) mass is 449 g/mol. The van der Waals surface area contributed by atoms with Crippen molar-refractivity contribution in [3.05, 3.63) is 53.3 Å². The molecule has 0 saturated carbocycles. The molecule has 1 fully saturated rings. The summed E-state index contributed by atoms with van der Waals surface area (Å²) >= 11 is 0. The lowest BCUT2D eigenvalue weighted by Gasteiger charge is -2.29. The highest BCUT2D eigenvalue weighted by molar-refractivity contribution is 7.89. The molecule has 9 heteroatoms. The standard InChI is InChI=1S/C22H28FN3O4S/c1-15-5-7-17(31(28,29)25-22(2,3)4)14-18(15)21(27)24-16-6-8-20(19(23)13-16)26-9-11-30-12-10-26/h5-8,13-14,25H,9-12H2,1-4H3,(H,24,27). The topological polar surface area (TPSA) is 87.7 Å². The number of amides is 1. The van der Waals surface area contributed by atoms with Crippen LogP contribution in [0.1, 0.15) is 36.7 Å². The highest BCUT2D eigenvalue weighted by Crippen LogP contribution is 2.25. The van der Waals surface area contributed by atoms with Crippen LogP contribution >= 0.6 is 0 Å². The van der Waals surface area contributed by atoms with E-state index < -0.39 is 27.3 Å². The Balaban J connectivity index is 1.81. The van der Waals surface area contributed by atoms with E-state index in [1.807, 2.05) is 4.90 Å². The van der Waals surface area contributed by atoms with E-state index in [0.717, 1.165) is 0 Å². The van der Waals surface area contributed by atoms with E-state index in [1.54, 1.807) is 45.9 Å². The summed E-state index contributed by atoms with van der Waals surface area (Å²) in [7, 11) is -3.79. The Hall–Kier alpha value is -2.49. The van der Waals surface area contributed by atoms with Crippen molar-refractivity contribution in [2.24, 2.45) is 0 Å². The number of aryl methyl sites for hydroxylation is 1. The maximum atomic E-state index is 14.6. The molecule has 0 bridgehead atoms. The van der Waals surface area contributed by atoms with E-state index in [-0.39, 0.29) is 10.5 Å². The molecular weight excluding hydrogens is 421 g/mol. The van der Waals surface area contributed by atoms with Crippen molar-refractivity contribution in [2.45, 2.75) is 38.1 Å². The molecule has 1 amide bonds. The number of nitrogens with one attached hydrogen (secondary N) is 2. The Morgan fingerprint density at radius 1 is 1.10 bits per heavy atom. The van der Waals surface area contributed by atoms with Crippen LogP contribution in [-0.2, 0) is 14.8 Å². The lowest BCUT2D eigenvalue weighted by atomic mass is 10.1. The number of anilines is 2. The smallest absolute Gasteiger partial charge is 0.255 e. The molecule has 31 heavy (non-hydrogen) atoms.